The minimum absolute atomic E-state index is 0.129. The summed E-state index contributed by atoms with van der Waals surface area (Å²) in [4.78, 5) is 45.3. The van der Waals surface area contributed by atoms with Gasteiger partial charge in [0.25, 0.3) is 5.56 Å². The Morgan fingerprint density at radius 3 is 2.42 bits per heavy atom. The molecule has 1 atom stereocenters. The van der Waals surface area contributed by atoms with Crippen molar-refractivity contribution in [3.63, 3.8) is 0 Å². The number of Topliss-reactive ketones (excluding diaryl/α,β-unsaturated/α-hetero) is 1. The quantitative estimate of drug-likeness (QED) is 0.484. The molecule has 8 nitrogen and oxygen atoms in total. The van der Waals surface area contributed by atoms with Gasteiger partial charge in [-0.05, 0) is 26.8 Å². The van der Waals surface area contributed by atoms with Crippen LogP contribution in [-0.2, 0) is 14.1 Å². The van der Waals surface area contributed by atoms with Crippen molar-refractivity contribution in [2.45, 2.75) is 31.0 Å². The molecule has 0 amide bonds. The highest BCUT2D eigenvalue weighted by molar-refractivity contribution is 8.00. The maximum absolute atomic E-state index is 12.7. The summed E-state index contributed by atoms with van der Waals surface area (Å²) in [7, 11) is 2.73. The number of carbonyl (C=O) groups is 1. The Morgan fingerprint density at radius 1 is 1.21 bits per heavy atom. The van der Waals surface area contributed by atoms with E-state index in [0.717, 1.165) is 14.8 Å². The molecule has 2 rings (SSSR count). The number of carbonyl (C=O) groups excluding carboxylic acids is 1. The number of rotatable bonds is 4. The number of nitrogens with two attached hydrogens (primary N) is 1. The van der Waals surface area contributed by atoms with Gasteiger partial charge in [-0.15, -0.1) is 0 Å². The Bertz CT molecular complexity index is 912. The summed E-state index contributed by atoms with van der Waals surface area (Å²) in [5, 5.41) is 0.0484. The summed E-state index contributed by atoms with van der Waals surface area (Å²) in [5.74, 6) is 0.0351. The van der Waals surface area contributed by atoms with Gasteiger partial charge in [-0.1, -0.05) is 11.8 Å². The second-order valence-corrected chi connectivity index (χ2v) is 6.85. The van der Waals surface area contributed by atoms with Gasteiger partial charge in [-0.2, -0.15) is 0 Å². The predicted octanol–water partition coefficient (Wildman–Crippen LogP) is 0.437. The fraction of sp³-hybridized carbons (Fsp3) is 0.400. The zero-order valence-electron chi connectivity index (χ0n) is 14.2. The molecule has 0 aromatic carbocycles. The van der Waals surface area contributed by atoms with E-state index in [0.29, 0.717) is 10.9 Å². The SMILES string of the molecule is Cc1cc(SC(C)C(=O)c2c(N)n(C)c(=O)n(C)c2=O)nc(C)n1. The summed E-state index contributed by atoms with van der Waals surface area (Å²) >= 11 is 1.22. The highest BCUT2D eigenvalue weighted by Crippen LogP contribution is 2.24. The number of nitrogen functional groups attached to an aromatic ring is 1. The number of aryl methyl sites for hydroxylation is 2. The van der Waals surface area contributed by atoms with E-state index < -0.39 is 22.3 Å². The molecule has 0 saturated carbocycles. The van der Waals surface area contributed by atoms with E-state index in [4.69, 9.17) is 5.73 Å². The lowest BCUT2D eigenvalue weighted by Gasteiger charge is -2.14. The number of hydrogen-bond acceptors (Lipinski definition) is 7. The molecule has 0 radical (unpaired) electrons. The van der Waals surface area contributed by atoms with Crippen molar-refractivity contribution in [3.05, 3.63) is 44.0 Å². The number of hydrogen-bond donors (Lipinski definition) is 1. The average Bonchev–Trinajstić information content (AvgIpc) is 2.50. The van der Waals surface area contributed by atoms with Gasteiger partial charge < -0.3 is 5.73 Å². The molecule has 128 valence electrons. The van der Waals surface area contributed by atoms with Crippen LogP contribution in [0.2, 0.25) is 0 Å². The molecule has 2 aromatic heterocycles. The first-order chi connectivity index (χ1) is 11.1. The van der Waals surface area contributed by atoms with Crippen molar-refractivity contribution in [2.24, 2.45) is 14.1 Å². The van der Waals surface area contributed by atoms with Gasteiger partial charge in [0.15, 0.2) is 5.78 Å². The lowest BCUT2D eigenvalue weighted by Crippen LogP contribution is -2.42. The highest BCUT2D eigenvalue weighted by Gasteiger charge is 2.25. The first-order valence-corrected chi connectivity index (χ1v) is 8.10. The molecule has 0 aliphatic heterocycles. The second kappa shape index (κ2) is 6.60. The molecule has 2 aromatic rings. The number of thioether (sulfide) groups is 1. The van der Waals surface area contributed by atoms with Crippen LogP contribution in [0.4, 0.5) is 5.82 Å². The van der Waals surface area contributed by atoms with Crippen molar-refractivity contribution >= 4 is 23.4 Å². The fourth-order valence-corrected chi connectivity index (χ4v) is 3.28. The molecule has 0 aliphatic rings. The highest BCUT2D eigenvalue weighted by atomic mass is 32.2. The maximum atomic E-state index is 12.7. The Balaban J connectivity index is 2.42. The van der Waals surface area contributed by atoms with Gasteiger partial charge in [-0.25, -0.2) is 14.8 Å². The number of ketones is 1. The summed E-state index contributed by atoms with van der Waals surface area (Å²) in [6, 6.07) is 1.77. The summed E-state index contributed by atoms with van der Waals surface area (Å²) in [6.45, 7) is 5.28. The number of aromatic nitrogens is 4. The molecule has 2 N–H and O–H groups in total. The Morgan fingerprint density at radius 2 is 1.83 bits per heavy atom. The molecule has 2 heterocycles. The van der Waals surface area contributed by atoms with E-state index in [1.165, 1.54) is 25.9 Å². The molecule has 0 aliphatic carbocycles. The maximum Gasteiger partial charge on any atom is 0.332 e. The van der Waals surface area contributed by atoms with E-state index in [1.54, 1.807) is 19.9 Å². The van der Waals surface area contributed by atoms with Gasteiger partial charge in [0, 0.05) is 19.8 Å². The van der Waals surface area contributed by atoms with Gasteiger partial charge in [0.05, 0.1) is 5.25 Å². The third kappa shape index (κ3) is 3.25. The second-order valence-electron chi connectivity index (χ2n) is 5.49. The van der Waals surface area contributed by atoms with Crippen LogP contribution in [-0.4, -0.2) is 30.1 Å². The van der Waals surface area contributed by atoms with Gasteiger partial charge in [0.2, 0.25) is 0 Å². The van der Waals surface area contributed by atoms with Crippen LogP contribution in [0.25, 0.3) is 0 Å². The van der Waals surface area contributed by atoms with Crippen LogP contribution in [0, 0.1) is 13.8 Å². The largest absolute Gasteiger partial charge is 0.384 e. The minimum atomic E-state index is -0.692. The molecule has 0 saturated heterocycles. The van der Waals surface area contributed by atoms with Crippen LogP contribution in [0.5, 0.6) is 0 Å². The number of nitrogens with zero attached hydrogens (tertiary/aromatic N) is 4. The van der Waals surface area contributed by atoms with Crippen LogP contribution in [0.1, 0.15) is 28.8 Å². The van der Waals surface area contributed by atoms with Crippen molar-refractivity contribution in [3.8, 4) is 0 Å². The summed E-state index contributed by atoms with van der Waals surface area (Å²) in [6.07, 6.45) is 0. The lowest BCUT2D eigenvalue weighted by molar-refractivity contribution is 0.0992. The third-order valence-electron chi connectivity index (χ3n) is 3.57. The van der Waals surface area contributed by atoms with E-state index in [-0.39, 0.29) is 11.4 Å². The fourth-order valence-electron chi connectivity index (χ4n) is 2.27. The van der Waals surface area contributed by atoms with Gasteiger partial charge in [-0.3, -0.25) is 18.7 Å². The van der Waals surface area contributed by atoms with Gasteiger partial charge >= 0.3 is 5.69 Å². The predicted molar refractivity (Wildman–Crippen MR) is 92.5 cm³/mol. The summed E-state index contributed by atoms with van der Waals surface area (Å²) in [5.41, 5.74) is 5.18. The standard InChI is InChI=1S/C15H19N5O3S/c1-7-6-10(18-9(3)17-7)24-8(2)12(21)11-13(16)19(4)15(23)20(5)14(11)22/h6,8H,16H2,1-5H3. The number of anilines is 1. The van der Waals surface area contributed by atoms with E-state index in [1.807, 2.05) is 6.92 Å². The zero-order chi connectivity index (χ0) is 18.2. The van der Waals surface area contributed by atoms with Crippen molar-refractivity contribution in [1.82, 2.24) is 19.1 Å². The Labute approximate surface area is 142 Å². The van der Waals surface area contributed by atoms with Crippen molar-refractivity contribution in [2.75, 3.05) is 5.73 Å². The molecule has 9 heteroatoms. The summed E-state index contributed by atoms with van der Waals surface area (Å²) < 4.78 is 1.96. The van der Waals surface area contributed by atoms with Crippen LogP contribution < -0.4 is 17.0 Å². The van der Waals surface area contributed by atoms with Gasteiger partial charge in [0.1, 0.15) is 22.2 Å². The average molecular weight is 349 g/mol. The van der Waals surface area contributed by atoms with Crippen molar-refractivity contribution < 1.29 is 4.79 Å². The van der Waals surface area contributed by atoms with Crippen LogP contribution >= 0.6 is 11.8 Å². The Hall–Kier alpha value is -2.42. The smallest absolute Gasteiger partial charge is 0.332 e. The first kappa shape index (κ1) is 17.9. The minimum Gasteiger partial charge on any atom is -0.384 e. The van der Waals surface area contributed by atoms with E-state index in [2.05, 4.69) is 9.97 Å². The van der Waals surface area contributed by atoms with Crippen molar-refractivity contribution in [1.29, 1.82) is 0 Å². The Kier molecular flexibility index (Phi) is 4.93. The molecule has 0 spiro atoms. The molecular formula is C15H19N5O3S. The topological polar surface area (TPSA) is 113 Å². The monoisotopic (exact) mass is 349 g/mol. The molecular weight excluding hydrogens is 330 g/mol. The molecule has 0 bridgehead atoms. The normalized spacial score (nSPS) is 12.2. The third-order valence-corrected chi connectivity index (χ3v) is 4.58. The van der Waals surface area contributed by atoms with Crippen LogP contribution in [0.15, 0.2) is 20.7 Å². The molecule has 24 heavy (non-hydrogen) atoms. The first-order valence-electron chi connectivity index (χ1n) is 7.22. The molecule has 0 fully saturated rings. The van der Waals surface area contributed by atoms with E-state index >= 15 is 0 Å². The zero-order valence-corrected chi connectivity index (χ0v) is 15.0. The van der Waals surface area contributed by atoms with E-state index in [9.17, 15) is 14.4 Å². The molecule has 1 unspecified atom stereocenters. The lowest BCUT2D eigenvalue weighted by atomic mass is 10.1. The van der Waals surface area contributed by atoms with Crippen LogP contribution in [0.3, 0.4) is 0 Å².